The van der Waals surface area contributed by atoms with Crippen LogP contribution >= 0.6 is 0 Å². The summed E-state index contributed by atoms with van der Waals surface area (Å²) in [5.41, 5.74) is 0. The van der Waals surface area contributed by atoms with Crippen LogP contribution in [0.2, 0.25) is 0 Å². The molecule has 5 heteroatoms. The minimum atomic E-state index is -0.435. The Morgan fingerprint density at radius 3 is 2.45 bits per heavy atom. The van der Waals surface area contributed by atoms with Crippen LogP contribution in [0, 0.1) is 0 Å². The Labute approximate surface area is 133 Å². The Balaban J connectivity index is 0.000000366. The molecule has 0 radical (unpaired) electrons. The Bertz CT molecular complexity index is 450. The van der Waals surface area contributed by atoms with E-state index < -0.39 is 6.10 Å². The maximum atomic E-state index is 8.87. The molecule has 1 unspecified atom stereocenters. The number of nitrogens with one attached hydrogen (secondary N) is 1. The van der Waals surface area contributed by atoms with Gasteiger partial charge in [-0.2, -0.15) is 0 Å². The normalized spacial score (nSPS) is 10.2. The number of ether oxygens (including phenoxy) is 1. The zero-order valence-electron chi connectivity index (χ0n) is 13.9. The average molecular weight is 305 g/mol. The molecule has 122 valence electrons. The van der Waals surface area contributed by atoms with Crippen molar-refractivity contribution in [2.24, 2.45) is 0 Å². The highest BCUT2D eigenvalue weighted by Gasteiger charge is 1.96. The van der Waals surface area contributed by atoms with Gasteiger partial charge in [-0.05, 0) is 38.1 Å². The van der Waals surface area contributed by atoms with Crippen molar-refractivity contribution in [3.8, 4) is 5.75 Å². The Morgan fingerprint density at radius 2 is 1.95 bits per heavy atom. The quantitative estimate of drug-likeness (QED) is 0.886. The molecule has 0 bridgehead atoms. The molecule has 2 aromatic rings. The van der Waals surface area contributed by atoms with Gasteiger partial charge in [0.15, 0.2) is 0 Å². The van der Waals surface area contributed by atoms with E-state index in [-0.39, 0.29) is 0 Å². The first-order valence-corrected chi connectivity index (χ1v) is 7.58. The third kappa shape index (κ3) is 10.6. The van der Waals surface area contributed by atoms with Gasteiger partial charge in [0.1, 0.15) is 18.2 Å². The number of nitrogens with zero attached hydrogens (tertiary/aromatic N) is 2. The van der Waals surface area contributed by atoms with Crippen molar-refractivity contribution in [3.63, 3.8) is 0 Å². The lowest BCUT2D eigenvalue weighted by atomic mass is 10.4. The molecule has 0 aromatic carbocycles. The molecular formula is C17H27N3O2. The summed E-state index contributed by atoms with van der Waals surface area (Å²) in [6, 6.07) is 9.40. The van der Waals surface area contributed by atoms with Crippen LogP contribution in [0.15, 0.2) is 48.9 Å². The highest BCUT2D eigenvalue weighted by atomic mass is 16.5. The number of hydrogen-bond acceptors (Lipinski definition) is 5. The summed E-state index contributed by atoms with van der Waals surface area (Å²) in [5.74, 6) is 1.63. The van der Waals surface area contributed by atoms with Gasteiger partial charge in [-0.15, -0.1) is 0 Å². The molecule has 2 rings (SSSR count). The first-order chi connectivity index (χ1) is 10.7. The monoisotopic (exact) mass is 305 g/mol. The number of aliphatic hydroxyl groups excluding tert-OH is 1. The molecule has 2 aromatic heterocycles. The summed E-state index contributed by atoms with van der Waals surface area (Å²) in [7, 11) is 0. The predicted molar refractivity (Wildman–Crippen MR) is 91.2 cm³/mol. The van der Waals surface area contributed by atoms with E-state index in [1.807, 2.05) is 32.0 Å². The van der Waals surface area contributed by atoms with Crippen molar-refractivity contribution >= 4 is 5.82 Å². The Morgan fingerprint density at radius 1 is 1.18 bits per heavy atom. The first-order valence-electron chi connectivity index (χ1n) is 7.58. The minimum absolute atomic E-state index is 0.311. The zero-order valence-corrected chi connectivity index (χ0v) is 13.9. The van der Waals surface area contributed by atoms with E-state index in [2.05, 4.69) is 22.2 Å². The van der Waals surface area contributed by atoms with Gasteiger partial charge in [-0.1, -0.05) is 19.9 Å². The van der Waals surface area contributed by atoms with E-state index in [4.69, 9.17) is 9.84 Å². The predicted octanol–water partition coefficient (Wildman–Crippen LogP) is 3.38. The fourth-order valence-corrected chi connectivity index (χ4v) is 1.30. The highest BCUT2D eigenvalue weighted by Crippen LogP contribution is 2.05. The van der Waals surface area contributed by atoms with Gasteiger partial charge in [0.25, 0.3) is 0 Å². The summed E-state index contributed by atoms with van der Waals surface area (Å²) >= 11 is 0. The van der Waals surface area contributed by atoms with E-state index in [0.717, 1.165) is 12.4 Å². The third-order valence-electron chi connectivity index (χ3n) is 2.15. The molecule has 1 atom stereocenters. The second-order valence-corrected chi connectivity index (χ2v) is 4.09. The lowest BCUT2D eigenvalue weighted by molar-refractivity contribution is 0.122. The summed E-state index contributed by atoms with van der Waals surface area (Å²) in [5, 5.41) is 12.0. The Kier molecular flexibility index (Phi) is 12.5. The van der Waals surface area contributed by atoms with Crippen molar-refractivity contribution in [1.82, 2.24) is 9.97 Å². The number of aromatic nitrogens is 2. The topological polar surface area (TPSA) is 67.3 Å². The van der Waals surface area contributed by atoms with Gasteiger partial charge in [0, 0.05) is 18.9 Å². The van der Waals surface area contributed by atoms with E-state index in [9.17, 15) is 0 Å². The second-order valence-electron chi connectivity index (χ2n) is 4.09. The standard InChI is InChI=1S/C8H11NO2.C7H10N2.C2H6/c1-7(10)6-11-8-3-2-4-9-5-8;1-2-8-7-5-3-4-6-9-7;1-2/h2-5,7,10H,6H2,1H3;3-6H,2H2,1H3,(H,8,9);1-2H3. The summed E-state index contributed by atoms with van der Waals surface area (Å²) in [4.78, 5) is 7.91. The lowest BCUT2D eigenvalue weighted by Crippen LogP contribution is -2.12. The van der Waals surface area contributed by atoms with Crippen molar-refractivity contribution in [2.75, 3.05) is 18.5 Å². The van der Waals surface area contributed by atoms with E-state index in [0.29, 0.717) is 12.4 Å². The number of rotatable bonds is 5. The fraction of sp³-hybridized carbons (Fsp3) is 0.412. The molecule has 0 spiro atoms. The van der Waals surface area contributed by atoms with Crippen LogP contribution in [-0.4, -0.2) is 34.3 Å². The van der Waals surface area contributed by atoms with Gasteiger partial charge in [-0.3, -0.25) is 4.98 Å². The van der Waals surface area contributed by atoms with Crippen molar-refractivity contribution in [3.05, 3.63) is 48.9 Å². The van der Waals surface area contributed by atoms with Crippen LogP contribution in [0.5, 0.6) is 5.75 Å². The summed E-state index contributed by atoms with van der Waals surface area (Å²) in [6.07, 6.45) is 4.63. The molecule has 0 aliphatic carbocycles. The number of aliphatic hydroxyl groups is 1. The number of pyridine rings is 2. The van der Waals surface area contributed by atoms with E-state index in [1.165, 1.54) is 0 Å². The molecule has 0 saturated heterocycles. The van der Waals surface area contributed by atoms with Crippen molar-refractivity contribution in [1.29, 1.82) is 0 Å². The van der Waals surface area contributed by atoms with Gasteiger partial charge in [0.2, 0.25) is 0 Å². The average Bonchev–Trinajstić information content (AvgIpc) is 2.58. The SMILES string of the molecule is CC.CC(O)COc1cccnc1.CCNc1ccccn1. The lowest BCUT2D eigenvalue weighted by Gasteiger charge is -2.06. The van der Waals surface area contributed by atoms with E-state index in [1.54, 1.807) is 37.6 Å². The molecule has 22 heavy (non-hydrogen) atoms. The van der Waals surface area contributed by atoms with Gasteiger partial charge in [0.05, 0.1) is 12.3 Å². The molecule has 0 saturated carbocycles. The summed E-state index contributed by atoms with van der Waals surface area (Å²) < 4.78 is 5.15. The zero-order chi connectivity index (χ0) is 16.6. The highest BCUT2D eigenvalue weighted by molar-refractivity contribution is 5.32. The van der Waals surface area contributed by atoms with Gasteiger partial charge in [-0.25, -0.2) is 4.98 Å². The molecule has 2 heterocycles. The van der Waals surface area contributed by atoms with Crippen LogP contribution in [0.3, 0.4) is 0 Å². The number of anilines is 1. The minimum Gasteiger partial charge on any atom is -0.489 e. The van der Waals surface area contributed by atoms with Crippen LogP contribution in [0.4, 0.5) is 5.82 Å². The number of hydrogen-bond donors (Lipinski definition) is 2. The van der Waals surface area contributed by atoms with Crippen LogP contribution in [-0.2, 0) is 0 Å². The van der Waals surface area contributed by atoms with Gasteiger partial charge >= 0.3 is 0 Å². The maximum Gasteiger partial charge on any atom is 0.137 e. The second kappa shape index (κ2) is 13.8. The Hall–Kier alpha value is -2.14. The summed E-state index contributed by atoms with van der Waals surface area (Å²) in [6.45, 7) is 8.97. The van der Waals surface area contributed by atoms with Crippen LogP contribution < -0.4 is 10.1 Å². The van der Waals surface area contributed by atoms with Gasteiger partial charge < -0.3 is 15.2 Å². The van der Waals surface area contributed by atoms with Crippen LogP contribution in [0.1, 0.15) is 27.7 Å². The first kappa shape index (κ1) is 19.9. The molecular weight excluding hydrogens is 278 g/mol. The maximum absolute atomic E-state index is 8.87. The van der Waals surface area contributed by atoms with Crippen molar-refractivity contribution < 1.29 is 9.84 Å². The largest absolute Gasteiger partial charge is 0.489 e. The fourth-order valence-electron chi connectivity index (χ4n) is 1.30. The third-order valence-corrected chi connectivity index (χ3v) is 2.15. The smallest absolute Gasteiger partial charge is 0.137 e. The van der Waals surface area contributed by atoms with E-state index >= 15 is 0 Å². The molecule has 0 amide bonds. The molecule has 5 nitrogen and oxygen atoms in total. The molecule has 2 N–H and O–H groups in total. The van der Waals surface area contributed by atoms with Crippen LogP contribution in [0.25, 0.3) is 0 Å². The molecule has 0 fully saturated rings. The molecule has 0 aliphatic rings. The molecule has 0 aliphatic heterocycles. The van der Waals surface area contributed by atoms with Crippen molar-refractivity contribution in [2.45, 2.75) is 33.8 Å².